The number of aliphatic hydroxyl groups is 1. The van der Waals surface area contributed by atoms with E-state index in [0.29, 0.717) is 18.1 Å². The van der Waals surface area contributed by atoms with Crippen LogP contribution in [0.1, 0.15) is 18.6 Å². The van der Waals surface area contributed by atoms with Crippen molar-refractivity contribution in [3.63, 3.8) is 0 Å². The summed E-state index contributed by atoms with van der Waals surface area (Å²) in [5, 5.41) is 12.9. The minimum Gasteiger partial charge on any atom is -0.485 e. The Morgan fingerprint density at radius 3 is 2.82 bits per heavy atom. The van der Waals surface area contributed by atoms with Crippen LogP contribution in [0.4, 0.5) is 0 Å². The van der Waals surface area contributed by atoms with Gasteiger partial charge in [-0.05, 0) is 19.1 Å². The molecule has 0 fully saturated rings. The van der Waals surface area contributed by atoms with Gasteiger partial charge in [-0.2, -0.15) is 4.98 Å². The van der Waals surface area contributed by atoms with Gasteiger partial charge in [0.2, 0.25) is 11.7 Å². The Kier molecular flexibility index (Phi) is 3.72. The zero-order chi connectivity index (χ0) is 12.1. The van der Waals surface area contributed by atoms with E-state index < -0.39 is 6.10 Å². The fourth-order valence-electron chi connectivity index (χ4n) is 1.35. The number of hydrogen-bond donors (Lipinski definition) is 1. The number of hydrogen-bond acceptors (Lipinski definition) is 5. The van der Waals surface area contributed by atoms with Crippen molar-refractivity contribution in [2.24, 2.45) is 0 Å². The number of benzene rings is 1. The van der Waals surface area contributed by atoms with Crippen molar-refractivity contribution in [3.8, 4) is 5.75 Å². The highest BCUT2D eigenvalue weighted by molar-refractivity contribution is 5.20. The molecular formula is C12H14N2O3. The Morgan fingerprint density at radius 2 is 2.12 bits per heavy atom. The predicted octanol–water partition coefficient (Wildman–Crippen LogP) is 1.57. The van der Waals surface area contributed by atoms with E-state index in [2.05, 4.69) is 10.1 Å². The number of aromatic nitrogens is 2. The zero-order valence-electron chi connectivity index (χ0n) is 9.54. The second-order valence-corrected chi connectivity index (χ2v) is 3.76. The summed E-state index contributed by atoms with van der Waals surface area (Å²) >= 11 is 0. The SMILES string of the molecule is CC(O)Cc1nc(COc2ccccc2)no1. The van der Waals surface area contributed by atoms with Gasteiger partial charge in [-0.15, -0.1) is 0 Å². The summed E-state index contributed by atoms with van der Waals surface area (Å²) < 4.78 is 10.4. The first-order valence-electron chi connectivity index (χ1n) is 5.41. The summed E-state index contributed by atoms with van der Waals surface area (Å²) in [6.07, 6.45) is -0.128. The maximum absolute atomic E-state index is 9.16. The molecular weight excluding hydrogens is 220 g/mol. The smallest absolute Gasteiger partial charge is 0.229 e. The Labute approximate surface area is 99.0 Å². The van der Waals surface area contributed by atoms with Gasteiger partial charge in [0.05, 0.1) is 12.5 Å². The third-order valence-electron chi connectivity index (χ3n) is 2.09. The number of aliphatic hydroxyl groups excluding tert-OH is 1. The van der Waals surface area contributed by atoms with Crippen LogP contribution in [0.25, 0.3) is 0 Å². The monoisotopic (exact) mass is 234 g/mol. The van der Waals surface area contributed by atoms with Crippen LogP contribution in [-0.2, 0) is 13.0 Å². The molecule has 2 rings (SSSR count). The fraction of sp³-hybridized carbons (Fsp3) is 0.333. The predicted molar refractivity (Wildman–Crippen MR) is 60.5 cm³/mol. The van der Waals surface area contributed by atoms with Crippen molar-refractivity contribution >= 4 is 0 Å². The lowest BCUT2D eigenvalue weighted by Crippen LogP contribution is -2.04. The van der Waals surface area contributed by atoms with E-state index >= 15 is 0 Å². The van der Waals surface area contributed by atoms with E-state index in [1.54, 1.807) is 6.92 Å². The first-order valence-corrected chi connectivity index (χ1v) is 5.41. The van der Waals surface area contributed by atoms with Crippen LogP contribution in [0.2, 0.25) is 0 Å². The molecule has 2 aromatic rings. The van der Waals surface area contributed by atoms with E-state index in [0.717, 1.165) is 5.75 Å². The summed E-state index contributed by atoms with van der Waals surface area (Å²) in [5.74, 6) is 1.66. The second kappa shape index (κ2) is 5.45. The summed E-state index contributed by atoms with van der Waals surface area (Å²) in [7, 11) is 0. The van der Waals surface area contributed by atoms with Gasteiger partial charge < -0.3 is 14.4 Å². The molecule has 0 amide bonds. The highest BCUT2D eigenvalue weighted by Crippen LogP contribution is 2.10. The lowest BCUT2D eigenvalue weighted by Gasteiger charge is -2.01. The largest absolute Gasteiger partial charge is 0.485 e. The van der Waals surface area contributed by atoms with Gasteiger partial charge in [0.25, 0.3) is 0 Å². The van der Waals surface area contributed by atoms with Crippen LogP contribution >= 0.6 is 0 Å². The molecule has 1 aromatic heterocycles. The average molecular weight is 234 g/mol. The lowest BCUT2D eigenvalue weighted by atomic mass is 10.3. The Bertz CT molecular complexity index is 454. The molecule has 5 heteroatoms. The van der Waals surface area contributed by atoms with E-state index in [1.165, 1.54) is 0 Å². The molecule has 0 aliphatic rings. The minimum atomic E-state index is -0.488. The molecule has 0 saturated heterocycles. The van der Waals surface area contributed by atoms with Gasteiger partial charge in [0.1, 0.15) is 5.75 Å². The van der Waals surface area contributed by atoms with Gasteiger partial charge in [0.15, 0.2) is 6.61 Å². The standard InChI is InChI=1S/C12H14N2O3/c1-9(15)7-12-13-11(14-17-12)8-16-10-5-3-2-4-6-10/h2-6,9,15H,7-8H2,1H3. The second-order valence-electron chi connectivity index (χ2n) is 3.76. The van der Waals surface area contributed by atoms with Crippen LogP contribution in [-0.4, -0.2) is 21.4 Å². The summed E-state index contributed by atoms with van der Waals surface area (Å²) in [5.41, 5.74) is 0. The van der Waals surface area contributed by atoms with E-state index in [-0.39, 0.29) is 6.61 Å². The summed E-state index contributed by atoms with van der Waals surface area (Å²) in [6.45, 7) is 1.93. The molecule has 5 nitrogen and oxygen atoms in total. The Hall–Kier alpha value is -1.88. The van der Waals surface area contributed by atoms with Crippen LogP contribution in [0.15, 0.2) is 34.9 Å². The van der Waals surface area contributed by atoms with Crippen molar-refractivity contribution in [3.05, 3.63) is 42.0 Å². The summed E-state index contributed by atoms with van der Waals surface area (Å²) in [6, 6.07) is 9.42. The minimum absolute atomic E-state index is 0.257. The van der Waals surface area contributed by atoms with Gasteiger partial charge >= 0.3 is 0 Å². The molecule has 0 saturated carbocycles. The zero-order valence-corrected chi connectivity index (χ0v) is 9.54. The molecule has 17 heavy (non-hydrogen) atoms. The molecule has 0 spiro atoms. The van der Waals surface area contributed by atoms with Crippen LogP contribution < -0.4 is 4.74 Å². The van der Waals surface area contributed by atoms with Crippen LogP contribution in [0.5, 0.6) is 5.75 Å². The van der Waals surface area contributed by atoms with Crippen molar-refractivity contribution in [2.45, 2.75) is 26.1 Å². The fourth-order valence-corrected chi connectivity index (χ4v) is 1.35. The third-order valence-corrected chi connectivity index (χ3v) is 2.09. The maximum Gasteiger partial charge on any atom is 0.229 e. The molecule has 1 aromatic carbocycles. The molecule has 0 radical (unpaired) electrons. The first kappa shape index (κ1) is 11.6. The Balaban J connectivity index is 1.89. The maximum atomic E-state index is 9.16. The molecule has 1 heterocycles. The van der Waals surface area contributed by atoms with E-state index in [1.807, 2.05) is 30.3 Å². The molecule has 0 bridgehead atoms. The van der Waals surface area contributed by atoms with E-state index in [4.69, 9.17) is 14.4 Å². The normalized spacial score (nSPS) is 12.4. The first-order chi connectivity index (χ1) is 8.24. The van der Waals surface area contributed by atoms with Gasteiger partial charge in [-0.25, -0.2) is 0 Å². The van der Waals surface area contributed by atoms with E-state index in [9.17, 15) is 0 Å². The molecule has 90 valence electrons. The molecule has 0 aliphatic heterocycles. The molecule has 1 atom stereocenters. The number of rotatable bonds is 5. The van der Waals surface area contributed by atoms with Gasteiger partial charge in [-0.3, -0.25) is 0 Å². The van der Waals surface area contributed by atoms with Crippen molar-refractivity contribution < 1.29 is 14.4 Å². The number of para-hydroxylation sites is 1. The topological polar surface area (TPSA) is 68.4 Å². The number of nitrogens with zero attached hydrogens (tertiary/aromatic N) is 2. The summed E-state index contributed by atoms with van der Waals surface area (Å²) in [4.78, 5) is 4.10. The average Bonchev–Trinajstić information content (AvgIpc) is 2.75. The van der Waals surface area contributed by atoms with Crippen molar-refractivity contribution in [2.75, 3.05) is 0 Å². The number of ether oxygens (including phenoxy) is 1. The quantitative estimate of drug-likeness (QED) is 0.850. The van der Waals surface area contributed by atoms with Crippen LogP contribution in [0.3, 0.4) is 0 Å². The highest BCUT2D eigenvalue weighted by Gasteiger charge is 2.09. The van der Waals surface area contributed by atoms with Gasteiger partial charge in [0, 0.05) is 0 Å². The molecule has 1 unspecified atom stereocenters. The van der Waals surface area contributed by atoms with Gasteiger partial charge in [-0.1, -0.05) is 23.4 Å². The molecule has 0 aliphatic carbocycles. The van der Waals surface area contributed by atoms with Crippen molar-refractivity contribution in [1.29, 1.82) is 0 Å². The van der Waals surface area contributed by atoms with Crippen molar-refractivity contribution in [1.82, 2.24) is 10.1 Å². The molecule has 1 N–H and O–H groups in total. The van der Waals surface area contributed by atoms with Crippen LogP contribution in [0, 0.1) is 0 Å². The lowest BCUT2D eigenvalue weighted by molar-refractivity contribution is 0.181. The third kappa shape index (κ3) is 3.57. The Morgan fingerprint density at radius 1 is 1.35 bits per heavy atom. The highest BCUT2D eigenvalue weighted by atomic mass is 16.5.